The predicted octanol–water partition coefficient (Wildman–Crippen LogP) is 2.92. The average molecular weight is 435 g/mol. The van der Waals surface area contributed by atoms with Crippen molar-refractivity contribution in [3.63, 3.8) is 0 Å². The molecular formula is C22H24F3N3O3. The minimum atomic E-state index is -4.75. The fraction of sp³-hybridized carbons (Fsp3) is 0.455. The first-order chi connectivity index (χ1) is 14.6. The van der Waals surface area contributed by atoms with Crippen LogP contribution in [0.4, 0.5) is 13.2 Å². The molecule has 2 bridgehead atoms. The monoisotopic (exact) mass is 435 g/mol. The van der Waals surface area contributed by atoms with Gasteiger partial charge in [0.25, 0.3) is 5.56 Å². The van der Waals surface area contributed by atoms with Crippen LogP contribution in [0.15, 0.2) is 41.2 Å². The van der Waals surface area contributed by atoms with E-state index in [-0.39, 0.29) is 29.1 Å². The van der Waals surface area contributed by atoms with Crippen molar-refractivity contribution in [2.45, 2.75) is 25.2 Å². The van der Waals surface area contributed by atoms with Crippen LogP contribution in [0.2, 0.25) is 0 Å². The molecule has 2 aliphatic rings. The Morgan fingerprint density at radius 2 is 1.81 bits per heavy atom. The van der Waals surface area contributed by atoms with Gasteiger partial charge in [0.2, 0.25) is 5.91 Å². The molecule has 166 valence electrons. The number of pyridine rings is 1. The third-order valence-corrected chi connectivity index (χ3v) is 5.79. The number of benzene rings is 1. The number of carbonyl (C=O) groups is 1. The van der Waals surface area contributed by atoms with Crippen molar-refractivity contribution in [2.24, 2.45) is 5.92 Å². The highest BCUT2D eigenvalue weighted by atomic mass is 19.4. The van der Waals surface area contributed by atoms with E-state index < -0.39 is 6.36 Å². The van der Waals surface area contributed by atoms with E-state index in [0.717, 1.165) is 17.7 Å². The summed E-state index contributed by atoms with van der Waals surface area (Å²) in [5.74, 6) is -0.0421. The molecule has 0 unspecified atom stereocenters. The Bertz CT molecular complexity index is 1030. The zero-order valence-corrected chi connectivity index (χ0v) is 17.4. The maximum absolute atomic E-state index is 12.6. The lowest BCUT2D eigenvalue weighted by molar-refractivity contribution is -0.274. The van der Waals surface area contributed by atoms with Crippen molar-refractivity contribution in [3.05, 3.63) is 52.4 Å². The molecule has 2 aromatic rings. The normalized spacial score (nSPS) is 20.5. The van der Waals surface area contributed by atoms with Gasteiger partial charge in [-0.3, -0.25) is 9.59 Å². The molecule has 1 amide bonds. The molecule has 3 heterocycles. The van der Waals surface area contributed by atoms with E-state index in [2.05, 4.69) is 4.74 Å². The SMILES string of the molecule is CN(C)CC(=O)N1C[C@H]2C[C@H](C1)c1c(-c3ccc(OC(F)(F)F)cc3)ccc(=O)n1C2. The Kier molecular flexibility index (Phi) is 5.55. The number of rotatable bonds is 4. The standard InChI is InChI=1S/C22H24F3N3O3/c1-26(2)13-20(30)27-10-14-9-16(12-27)21-18(7-8-19(29)28(21)11-14)15-3-5-17(6-4-15)31-22(23,24)25/h3-8,14,16H,9-13H2,1-2H3/t14-,16-/m1/s1. The van der Waals surface area contributed by atoms with Crippen LogP contribution in [0.1, 0.15) is 18.0 Å². The quantitative estimate of drug-likeness (QED) is 0.741. The second-order valence-corrected chi connectivity index (χ2v) is 8.49. The van der Waals surface area contributed by atoms with Gasteiger partial charge >= 0.3 is 6.36 Å². The molecule has 6 nitrogen and oxygen atoms in total. The van der Waals surface area contributed by atoms with E-state index in [0.29, 0.717) is 31.7 Å². The summed E-state index contributed by atoms with van der Waals surface area (Å²) < 4.78 is 43.1. The van der Waals surface area contributed by atoms with Gasteiger partial charge in [-0.1, -0.05) is 12.1 Å². The molecular weight excluding hydrogens is 411 g/mol. The topological polar surface area (TPSA) is 54.8 Å². The molecule has 0 aliphatic carbocycles. The summed E-state index contributed by atoms with van der Waals surface area (Å²) in [4.78, 5) is 28.9. The Balaban J connectivity index is 1.67. The molecule has 0 saturated carbocycles. The van der Waals surface area contributed by atoms with Gasteiger partial charge < -0.3 is 19.1 Å². The number of halogens is 3. The largest absolute Gasteiger partial charge is 0.573 e. The zero-order valence-electron chi connectivity index (χ0n) is 17.4. The van der Waals surface area contributed by atoms with Gasteiger partial charge in [-0.05, 0) is 50.2 Å². The first kappa shape index (κ1) is 21.4. The summed E-state index contributed by atoms with van der Waals surface area (Å²) in [6.45, 7) is 2.01. The lowest BCUT2D eigenvalue weighted by Crippen LogP contribution is -2.51. The molecule has 1 aromatic carbocycles. The summed E-state index contributed by atoms with van der Waals surface area (Å²) in [6.07, 6.45) is -3.88. The van der Waals surface area contributed by atoms with Gasteiger partial charge in [0.1, 0.15) is 5.75 Å². The number of ether oxygens (including phenoxy) is 1. The van der Waals surface area contributed by atoms with Gasteiger partial charge in [0, 0.05) is 42.9 Å². The van der Waals surface area contributed by atoms with E-state index in [1.165, 1.54) is 18.2 Å². The number of nitrogens with zero attached hydrogens (tertiary/aromatic N) is 3. The van der Waals surface area contributed by atoms with Gasteiger partial charge in [0.05, 0.1) is 6.54 Å². The Morgan fingerprint density at radius 3 is 2.45 bits per heavy atom. The highest BCUT2D eigenvalue weighted by Gasteiger charge is 2.38. The highest BCUT2D eigenvalue weighted by molar-refractivity contribution is 5.78. The van der Waals surface area contributed by atoms with Gasteiger partial charge in [-0.15, -0.1) is 13.2 Å². The second kappa shape index (κ2) is 8.03. The smallest absolute Gasteiger partial charge is 0.406 e. The summed E-state index contributed by atoms with van der Waals surface area (Å²) >= 11 is 0. The number of alkyl halides is 3. The van der Waals surface area contributed by atoms with E-state index >= 15 is 0 Å². The van der Waals surface area contributed by atoms with E-state index in [1.807, 2.05) is 23.9 Å². The summed E-state index contributed by atoms with van der Waals surface area (Å²) in [5, 5.41) is 0. The third kappa shape index (κ3) is 4.61. The minimum absolute atomic E-state index is 0.00591. The molecule has 2 atom stereocenters. The summed E-state index contributed by atoms with van der Waals surface area (Å²) in [6, 6.07) is 8.87. The molecule has 2 aliphatic heterocycles. The van der Waals surface area contributed by atoms with Gasteiger partial charge in [0.15, 0.2) is 0 Å². The molecule has 0 radical (unpaired) electrons. The molecule has 1 fully saturated rings. The fourth-order valence-electron chi connectivity index (χ4n) is 4.67. The lowest BCUT2D eigenvalue weighted by Gasteiger charge is -2.43. The van der Waals surface area contributed by atoms with Crippen molar-refractivity contribution in [1.82, 2.24) is 14.4 Å². The van der Waals surface area contributed by atoms with E-state index in [9.17, 15) is 22.8 Å². The minimum Gasteiger partial charge on any atom is -0.406 e. The second-order valence-electron chi connectivity index (χ2n) is 8.49. The maximum Gasteiger partial charge on any atom is 0.573 e. The van der Waals surface area contributed by atoms with Crippen LogP contribution in [-0.2, 0) is 11.3 Å². The Hall–Kier alpha value is -2.81. The Morgan fingerprint density at radius 1 is 1.10 bits per heavy atom. The number of hydrogen-bond donors (Lipinski definition) is 0. The maximum atomic E-state index is 12.6. The van der Waals surface area contributed by atoms with Crippen LogP contribution in [0.3, 0.4) is 0 Å². The molecule has 1 saturated heterocycles. The highest BCUT2D eigenvalue weighted by Crippen LogP contribution is 2.40. The van der Waals surface area contributed by atoms with Crippen molar-refractivity contribution >= 4 is 5.91 Å². The molecule has 0 N–H and O–H groups in total. The van der Waals surface area contributed by atoms with Crippen molar-refractivity contribution in [2.75, 3.05) is 33.7 Å². The third-order valence-electron chi connectivity index (χ3n) is 5.79. The number of likely N-dealkylation sites (tertiary alicyclic amines) is 1. The van der Waals surface area contributed by atoms with E-state index in [4.69, 9.17) is 0 Å². The first-order valence-electron chi connectivity index (χ1n) is 10.1. The zero-order chi connectivity index (χ0) is 22.3. The number of amides is 1. The number of likely N-dealkylation sites (N-methyl/N-ethyl adjacent to an activating group) is 1. The fourth-order valence-corrected chi connectivity index (χ4v) is 4.67. The van der Waals surface area contributed by atoms with Crippen molar-refractivity contribution < 1.29 is 22.7 Å². The van der Waals surface area contributed by atoms with Gasteiger partial charge in [-0.25, -0.2) is 0 Å². The number of carbonyl (C=O) groups excluding carboxylic acids is 1. The van der Waals surface area contributed by atoms with Crippen molar-refractivity contribution in [1.29, 1.82) is 0 Å². The van der Waals surface area contributed by atoms with Crippen LogP contribution < -0.4 is 10.3 Å². The lowest BCUT2D eigenvalue weighted by atomic mass is 9.80. The number of piperidine rings is 1. The molecule has 0 spiro atoms. The van der Waals surface area contributed by atoms with Crippen LogP contribution in [0, 0.1) is 5.92 Å². The first-order valence-corrected chi connectivity index (χ1v) is 10.1. The van der Waals surface area contributed by atoms with Crippen LogP contribution in [0.25, 0.3) is 11.1 Å². The van der Waals surface area contributed by atoms with Crippen LogP contribution in [-0.4, -0.2) is 60.4 Å². The predicted molar refractivity (Wildman–Crippen MR) is 109 cm³/mol. The van der Waals surface area contributed by atoms with Gasteiger partial charge in [-0.2, -0.15) is 0 Å². The molecule has 31 heavy (non-hydrogen) atoms. The Labute approximate surface area is 177 Å². The van der Waals surface area contributed by atoms with Crippen LogP contribution in [0.5, 0.6) is 5.75 Å². The molecule has 9 heteroatoms. The van der Waals surface area contributed by atoms with Crippen LogP contribution >= 0.6 is 0 Å². The summed E-state index contributed by atoms with van der Waals surface area (Å²) in [7, 11) is 3.70. The number of hydrogen-bond acceptors (Lipinski definition) is 4. The average Bonchev–Trinajstić information content (AvgIpc) is 2.67. The molecule has 4 rings (SSSR count). The van der Waals surface area contributed by atoms with Crippen molar-refractivity contribution in [3.8, 4) is 16.9 Å². The molecule has 1 aromatic heterocycles. The number of fused-ring (bicyclic) bond motifs is 4. The number of aromatic nitrogens is 1. The summed E-state index contributed by atoms with van der Waals surface area (Å²) in [5.41, 5.74) is 2.24. The van der Waals surface area contributed by atoms with E-state index in [1.54, 1.807) is 22.8 Å².